The van der Waals surface area contributed by atoms with E-state index < -0.39 is 6.69 Å². The lowest BCUT2D eigenvalue weighted by Crippen LogP contribution is -2.22. The average Bonchev–Trinajstić information content (AvgIpc) is 2.16. The minimum absolute atomic E-state index is 0.872. The van der Waals surface area contributed by atoms with Crippen LogP contribution in [0, 0.1) is 0 Å². The molecule has 0 unspecified atom stereocenters. The SMILES string of the molecule is CCCC[Si](Cl)(Cl)Cc1ccccc1. The topological polar surface area (TPSA) is 0 Å². The van der Waals surface area contributed by atoms with Crippen molar-refractivity contribution in [1.82, 2.24) is 0 Å². The minimum Gasteiger partial charge on any atom is -0.145 e. The third-order valence-corrected chi connectivity index (χ3v) is 6.15. The Kier molecular flexibility index (Phi) is 5.00. The van der Waals surface area contributed by atoms with Crippen molar-refractivity contribution >= 4 is 28.9 Å². The van der Waals surface area contributed by atoms with E-state index in [0.717, 1.165) is 18.5 Å². The number of unbranched alkanes of at least 4 members (excludes halogenated alkanes) is 1. The molecule has 3 heteroatoms. The molecule has 1 rings (SSSR count). The Morgan fingerprint density at radius 3 is 2.36 bits per heavy atom. The maximum atomic E-state index is 6.35. The quantitative estimate of drug-likeness (QED) is 0.531. The summed E-state index contributed by atoms with van der Waals surface area (Å²) in [5.41, 5.74) is 1.26. The molecule has 0 saturated heterocycles. The third-order valence-electron chi connectivity index (χ3n) is 2.20. The standard InChI is InChI=1S/C11H16Cl2Si/c1-2-3-9-14(12,13)10-11-7-5-4-6-8-11/h4-8H,2-3,9-10H2,1H3. The van der Waals surface area contributed by atoms with E-state index in [-0.39, 0.29) is 0 Å². The number of hydrogen-bond acceptors (Lipinski definition) is 0. The highest BCUT2D eigenvalue weighted by Crippen LogP contribution is 2.27. The first-order valence-corrected chi connectivity index (χ1v) is 9.49. The zero-order chi connectivity index (χ0) is 10.4. The van der Waals surface area contributed by atoms with Gasteiger partial charge in [-0.05, 0) is 17.7 Å². The summed E-state index contributed by atoms with van der Waals surface area (Å²) in [6.45, 7) is 0.147. The lowest BCUT2D eigenvalue weighted by molar-refractivity contribution is 0.873. The summed E-state index contributed by atoms with van der Waals surface area (Å²) < 4.78 is 0. The van der Waals surface area contributed by atoms with Crippen molar-refractivity contribution in [3.05, 3.63) is 35.9 Å². The van der Waals surface area contributed by atoms with E-state index in [9.17, 15) is 0 Å². The molecule has 0 bridgehead atoms. The Morgan fingerprint density at radius 2 is 1.79 bits per heavy atom. The molecule has 0 nitrogen and oxygen atoms in total. The summed E-state index contributed by atoms with van der Waals surface area (Å²) in [5.74, 6) is 0. The lowest BCUT2D eigenvalue weighted by atomic mass is 10.2. The van der Waals surface area contributed by atoms with Gasteiger partial charge in [-0.1, -0.05) is 50.1 Å². The summed E-state index contributed by atoms with van der Waals surface area (Å²) in [4.78, 5) is 0. The second-order valence-electron chi connectivity index (χ2n) is 3.62. The molecule has 0 aliphatic rings. The highest BCUT2D eigenvalue weighted by atomic mass is 35.7. The Balaban J connectivity index is 2.50. The second kappa shape index (κ2) is 5.79. The molecule has 0 heterocycles. The van der Waals surface area contributed by atoms with Gasteiger partial charge in [0.2, 0.25) is 0 Å². The molecule has 0 spiro atoms. The van der Waals surface area contributed by atoms with Crippen LogP contribution in [-0.2, 0) is 6.04 Å². The van der Waals surface area contributed by atoms with Gasteiger partial charge in [0.1, 0.15) is 0 Å². The Hall–Kier alpha value is 0.0169. The first-order chi connectivity index (χ1) is 6.64. The van der Waals surface area contributed by atoms with Crippen LogP contribution in [-0.4, -0.2) is 6.69 Å². The maximum absolute atomic E-state index is 6.35. The van der Waals surface area contributed by atoms with Crippen molar-refractivity contribution in [1.29, 1.82) is 0 Å². The summed E-state index contributed by atoms with van der Waals surface area (Å²) in [6, 6.07) is 12.2. The van der Waals surface area contributed by atoms with E-state index in [1.165, 1.54) is 12.0 Å². The molecule has 0 fully saturated rings. The van der Waals surface area contributed by atoms with Gasteiger partial charge in [-0.15, -0.1) is 22.2 Å². The third kappa shape index (κ3) is 4.49. The highest BCUT2D eigenvalue weighted by molar-refractivity contribution is 7.45. The lowest BCUT2D eigenvalue weighted by Gasteiger charge is -2.15. The van der Waals surface area contributed by atoms with Crippen LogP contribution in [0.25, 0.3) is 0 Å². The van der Waals surface area contributed by atoms with Crippen LogP contribution in [0.4, 0.5) is 0 Å². The van der Waals surface area contributed by atoms with Crippen LogP contribution in [0.3, 0.4) is 0 Å². The van der Waals surface area contributed by atoms with E-state index in [2.05, 4.69) is 19.1 Å². The summed E-state index contributed by atoms with van der Waals surface area (Å²) in [6.07, 6.45) is 2.31. The van der Waals surface area contributed by atoms with Crippen molar-refractivity contribution in [2.24, 2.45) is 0 Å². The van der Waals surface area contributed by atoms with Gasteiger partial charge in [-0.25, -0.2) is 0 Å². The molecule has 0 radical (unpaired) electrons. The van der Waals surface area contributed by atoms with Crippen LogP contribution >= 0.6 is 22.2 Å². The summed E-state index contributed by atoms with van der Waals surface area (Å²) >= 11 is 12.7. The molecule has 1 aromatic rings. The first-order valence-electron chi connectivity index (χ1n) is 5.06. The number of halogens is 2. The van der Waals surface area contributed by atoms with Gasteiger partial charge in [0, 0.05) is 0 Å². The van der Waals surface area contributed by atoms with E-state index in [0.29, 0.717) is 0 Å². The highest BCUT2D eigenvalue weighted by Gasteiger charge is 2.27. The molecule has 0 N–H and O–H groups in total. The zero-order valence-corrected chi connectivity index (χ0v) is 11.0. The molecule has 0 aliphatic carbocycles. The van der Waals surface area contributed by atoms with Crippen LogP contribution in [0.15, 0.2) is 30.3 Å². The fraction of sp³-hybridized carbons (Fsp3) is 0.455. The minimum atomic E-state index is -2.02. The van der Waals surface area contributed by atoms with Crippen LogP contribution in [0.5, 0.6) is 0 Å². The van der Waals surface area contributed by atoms with E-state index in [1.54, 1.807) is 0 Å². The molecule has 0 aliphatic heterocycles. The van der Waals surface area contributed by atoms with Gasteiger partial charge < -0.3 is 0 Å². The molecule has 0 saturated carbocycles. The molecule has 78 valence electrons. The second-order valence-corrected chi connectivity index (χ2v) is 11.1. The first kappa shape index (κ1) is 12.1. The maximum Gasteiger partial charge on any atom is 0.255 e. The molecular formula is C11H16Cl2Si. The van der Waals surface area contributed by atoms with E-state index in [4.69, 9.17) is 22.2 Å². The molecular weight excluding hydrogens is 231 g/mol. The van der Waals surface area contributed by atoms with Crippen molar-refractivity contribution in [2.45, 2.75) is 31.9 Å². The number of hydrogen-bond donors (Lipinski definition) is 0. The smallest absolute Gasteiger partial charge is 0.145 e. The summed E-state index contributed by atoms with van der Waals surface area (Å²) in [7, 11) is 0. The number of benzene rings is 1. The van der Waals surface area contributed by atoms with Crippen LogP contribution < -0.4 is 0 Å². The van der Waals surface area contributed by atoms with Crippen molar-refractivity contribution in [2.75, 3.05) is 0 Å². The monoisotopic (exact) mass is 246 g/mol. The Bertz CT molecular complexity index is 259. The molecule has 0 aromatic heterocycles. The fourth-order valence-corrected chi connectivity index (χ4v) is 5.03. The molecule has 14 heavy (non-hydrogen) atoms. The van der Waals surface area contributed by atoms with Crippen LogP contribution in [0.1, 0.15) is 25.3 Å². The molecule has 0 amide bonds. The van der Waals surface area contributed by atoms with Gasteiger partial charge >= 0.3 is 0 Å². The van der Waals surface area contributed by atoms with Gasteiger partial charge in [0.15, 0.2) is 0 Å². The molecule has 1 aromatic carbocycles. The zero-order valence-electron chi connectivity index (χ0n) is 8.47. The largest absolute Gasteiger partial charge is 0.255 e. The predicted molar refractivity (Wildman–Crippen MR) is 67.3 cm³/mol. The average molecular weight is 247 g/mol. The molecule has 0 atom stereocenters. The van der Waals surface area contributed by atoms with Crippen LogP contribution in [0.2, 0.25) is 6.04 Å². The van der Waals surface area contributed by atoms with E-state index in [1.807, 2.05) is 18.2 Å². The normalized spacial score (nSPS) is 11.6. The van der Waals surface area contributed by atoms with Gasteiger partial charge in [-0.3, -0.25) is 0 Å². The van der Waals surface area contributed by atoms with Gasteiger partial charge in [-0.2, -0.15) is 0 Å². The van der Waals surface area contributed by atoms with E-state index >= 15 is 0 Å². The van der Waals surface area contributed by atoms with Gasteiger partial charge in [0.25, 0.3) is 6.69 Å². The Morgan fingerprint density at radius 1 is 1.14 bits per heavy atom. The Labute approximate surface area is 96.7 Å². The number of rotatable bonds is 5. The van der Waals surface area contributed by atoms with Crippen molar-refractivity contribution in [3.8, 4) is 0 Å². The predicted octanol–water partition coefficient (Wildman–Crippen LogP) is 4.49. The van der Waals surface area contributed by atoms with Crippen molar-refractivity contribution in [3.63, 3.8) is 0 Å². The summed E-state index contributed by atoms with van der Waals surface area (Å²) in [5, 5.41) is 0. The fourth-order valence-electron chi connectivity index (χ4n) is 1.42. The van der Waals surface area contributed by atoms with Gasteiger partial charge in [0.05, 0.1) is 0 Å². The van der Waals surface area contributed by atoms with Crippen molar-refractivity contribution < 1.29 is 0 Å².